The Kier molecular flexibility index (Phi) is 6.43. The van der Waals surface area contributed by atoms with Gasteiger partial charge in [-0.1, -0.05) is 18.5 Å². The first kappa shape index (κ1) is 21.9. The maximum atomic E-state index is 12.4. The van der Waals surface area contributed by atoms with Crippen LogP contribution in [0.4, 0.5) is 5.69 Å². The van der Waals surface area contributed by atoms with E-state index < -0.39 is 0 Å². The van der Waals surface area contributed by atoms with Crippen LogP contribution < -0.4 is 15.1 Å². The molecule has 0 radical (unpaired) electrons. The number of rotatable bonds is 4. The van der Waals surface area contributed by atoms with Crippen molar-refractivity contribution in [2.45, 2.75) is 38.6 Å². The standard InChI is InChI=1S/C22H25ClIN3O2/c1-13-11-22(2,3)27(4)19-10-17(23)15(8-16(13)19)12-25-26-21(28)14-6-7-18(24)20(9-14)29-5/h6-10,12-13H,11H2,1-5H3,(H,26,28)/b25-12+. The summed E-state index contributed by atoms with van der Waals surface area (Å²) < 4.78 is 6.20. The van der Waals surface area contributed by atoms with Gasteiger partial charge in [-0.2, -0.15) is 5.10 Å². The van der Waals surface area contributed by atoms with Gasteiger partial charge in [-0.3, -0.25) is 4.79 Å². The van der Waals surface area contributed by atoms with Crippen LogP contribution in [0.25, 0.3) is 0 Å². The molecular formula is C22H25ClIN3O2. The van der Waals surface area contributed by atoms with E-state index in [9.17, 15) is 4.79 Å². The quantitative estimate of drug-likeness (QED) is 0.329. The fourth-order valence-electron chi connectivity index (χ4n) is 3.73. The van der Waals surface area contributed by atoms with Crippen molar-refractivity contribution < 1.29 is 9.53 Å². The molecule has 1 heterocycles. The summed E-state index contributed by atoms with van der Waals surface area (Å²) in [5.41, 5.74) is 6.29. The highest BCUT2D eigenvalue weighted by atomic mass is 127. The first-order valence-electron chi connectivity index (χ1n) is 9.38. The van der Waals surface area contributed by atoms with Crippen molar-refractivity contribution in [1.29, 1.82) is 0 Å². The fraction of sp³-hybridized carbons (Fsp3) is 0.364. The Hall–Kier alpha value is -1.80. The molecule has 3 rings (SSSR count). The highest BCUT2D eigenvalue weighted by Gasteiger charge is 2.34. The Morgan fingerprint density at radius 1 is 1.38 bits per heavy atom. The number of anilines is 1. The molecule has 0 saturated carbocycles. The molecule has 0 fully saturated rings. The van der Waals surface area contributed by atoms with Crippen LogP contribution in [0.1, 0.15) is 54.6 Å². The summed E-state index contributed by atoms with van der Waals surface area (Å²) in [6, 6.07) is 9.31. The Bertz CT molecular complexity index is 975. The Balaban J connectivity index is 1.80. The predicted molar refractivity (Wildman–Crippen MR) is 128 cm³/mol. The van der Waals surface area contributed by atoms with Gasteiger partial charge >= 0.3 is 0 Å². The van der Waals surface area contributed by atoms with Crippen molar-refractivity contribution in [1.82, 2.24) is 5.43 Å². The SMILES string of the molecule is COc1cc(C(=O)N/N=C/c2cc3c(cc2Cl)N(C)C(C)(C)CC3C)ccc1I. The van der Waals surface area contributed by atoms with Crippen LogP contribution in [0.3, 0.4) is 0 Å². The molecule has 154 valence electrons. The van der Waals surface area contributed by atoms with E-state index in [2.05, 4.69) is 71.9 Å². The molecule has 0 bridgehead atoms. The number of nitrogens with zero attached hydrogens (tertiary/aromatic N) is 2. The number of hydrogen-bond donors (Lipinski definition) is 1. The molecule has 1 N–H and O–H groups in total. The van der Waals surface area contributed by atoms with Gasteiger partial charge in [0.05, 0.1) is 21.9 Å². The number of fused-ring (bicyclic) bond motifs is 1. The first-order valence-corrected chi connectivity index (χ1v) is 10.8. The number of amides is 1. The predicted octanol–water partition coefficient (Wildman–Crippen LogP) is 5.44. The van der Waals surface area contributed by atoms with E-state index in [1.54, 1.807) is 25.5 Å². The third-order valence-corrected chi connectivity index (χ3v) is 6.75. The van der Waals surface area contributed by atoms with Crippen LogP contribution in [0.2, 0.25) is 5.02 Å². The number of methoxy groups -OCH3 is 1. The van der Waals surface area contributed by atoms with Crippen molar-refractivity contribution in [2.24, 2.45) is 5.10 Å². The minimum atomic E-state index is -0.306. The highest BCUT2D eigenvalue weighted by molar-refractivity contribution is 14.1. The van der Waals surface area contributed by atoms with E-state index in [0.29, 0.717) is 22.3 Å². The van der Waals surface area contributed by atoms with Crippen molar-refractivity contribution in [2.75, 3.05) is 19.1 Å². The summed E-state index contributed by atoms with van der Waals surface area (Å²) >= 11 is 8.67. The fourth-order valence-corrected chi connectivity index (χ4v) is 4.49. The van der Waals surface area contributed by atoms with E-state index in [0.717, 1.165) is 21.2 Å². The summed E-state index contributed by atoms with van der Waals surface area (Å²) in [6.07, 6.45) is 2.65. The van der Waals surface area contributed by atoms with Crippen LogP contribution in [0.15, 0.2) is 35.4 Å². The summed E-state index contributed by atoms with van der Waals surface area (Å²) in [5, 5.41) is 4.72. The summed E-state index contributed by atoms with van der Waals surface area (Å²) in [6.45, 7) is 6.71. The minimum Gasteiger partial charge on any atom is -0.496 e. The summed E-state index contributed by atoms with van der Waals surface area (Å²) in [7, 11) is 3.68. The second-order valence-electron chi connectivity index (χ2n) is 7.96. The average molecular weight is 526 g/mol. The number of hydrogen-bond acceptors (Lipinski definition) is 4. The number of carbonyl (C=O) groups excluding carboxylic acids is 1. The molecule has 0 spiro atoms. The molecule has 1 unspecified atom stereocenters. The van der Waals surface area contributed by atoms with Gasteiger partial charge < -0.3 is 9.64 Å². The van der Waals surface area contributed by atoms with Gasteiger partial charge in [0.25, 0.3) is 5.91 Å². The maximum Gasteiger partial charge on any atom is 0.271 e. The molecule has 7 heteroatoms. The summed E-state index contributed by atoms with van der Waals surface area (Å²) in [4.78, 5) is 14.7. The molecular weight excluding hydrogens is 501 g/mol. The van der Waals surface area contributed by atoms with E-state index in [1.165, 1.54) is 5.56 Å². The zero-order chi connectivity index (χ0) is 21.3. The van der Waals surface area contributed by atoms with Crippen molar-refractivity contribution in [3.05, 3.63) is 55.6 Å². The molecule has 1 aliphatic rings. The van der Waals surface area contributed by atoms with Gasteiger partial charge in [0.1, 0.15) is 5.75 Å². The van der Waals surface area contributed by atoms with Crippen LogP contribution in [0, 0.1) is 3.57 Å². The molecule has 0 aromatic heterocycles. The second-order valence-corrected chi connectivity index (χ2v) is 9.53. The average Bonchev–Trinajstić information content (AvgIpc) is 2.67. The Morgan fingerprint density at radius 2 is 2.10 bits per heavy atom. The molecule has 0 aliphatic carbocycles. The molecule has 1 atom stereocenters. The lowest BCUT2D eigenvalue weighted by molar-refractivity contribution is 0.0954. The minimum absolute atomic E-state index is 0.0773. The topological polar surface area (TPSA) is 53.9 Å². The highest BCUT2D eigenvalue weighted by Crippen LogP contribution is 2.44. The Labute approximate surface area is 190 Å². The lowest BCUT2D eigenvalue weighted by Crippen LogP contribution is -2.45. The lowest BCUT2D eigenvalue weighted by atomic mass is 9.80. The monoisotopic (exact) mass is 525 g/mol. The van der Waals surface area contributed by atoms with Crippen molar-refractivity contribution >= 4 is 52.0 Å². The molecule has 29 heavy (non-hydrogen) atoms. The van der Waals surface area contributed by atoms with Crippen LogP contribution in [-0.2, 0) is 0 Å². The lowest BCUT2D eigenvalue weighted by Gasteiger charge is -2.45. The molecule has 2 aromatic rings. The van der Waals surface area contributed by atoms with Crippen molar-refractivity contribution in [3.8, 4) is 5.75 Å². The molecule has 1 aliphatic heterocycles. The zero-order valence-corrected chi connectivity index (χ0v) is 20.1. The van der Waals surface area contributed by atoms with Gasteiger partial charge in [-0.05, 0) is 84.7 Å². The summed E-state index contributed by atoms with van der Waals surface area (Å²) in [5.74, 6) is 0.760. The second kappa shape index (κ2) is 8.52. The molecule has 0 saturated heterocycles. The van der Waals surface area contributed by atoms with E-state index in [-0.39, 0.29) is 11.4 Å². The molecule has 5 nitrogen and oxygen atoms in total. The number of carbonyl (C=O) groups is 1. The van der Waals surface area contributed by atoms with Gasteiger partial charge in [0.15, 0.2) is 0 Å². The smallest absolute Gasteiger partial charge is 0.271 e. The van der Waals surface area contributed by atoms with E-state index in [4.69, 9.17) is 16.3 Å². The number of hydrazone groups is 1. The van der Waals surface area contributed by atoms with Gasteiger partial charge in [-0.15, -0.1) is 0 Å². The maximum absolute atomic E-state index is 12.4. The van der Waals surface area contributed by atoms with E-state index >= 15 is 0 Å². The van der Waals surface area contributed by atoms with Gasteiger partial charge in [0.2, 0.25) is 0 Å². The normalized spacial score (nSPS) is 17.9. The number of nitrogens with one attached hydrogen (secondary N) is 1. The third-order valence-electron chi connectivity index (χ3n) is 5.54. The Morgan fingerprint density at radius 3 is 2.79 bits per heavy atom. The third kappa shape index (κ3) is 4.53. The van der Waals surface area contributed by atoms with Crippen molar-refractivity contribution in [3.63, 3.8) is 0 Å². The van der Waals surface area contributed by atoms with Gasteiger partial charge in [0, 0.05) is 29.4 Å². The van der Waals surface area contributed by atoms with Crippen LogP contribution >= 0.6 is 34.2 Å². The molecule has 1 amide bonds. The van der Waals surface area contributed by atoms with E-state index in [1.807, 2.05) is 12.1 Å². The molecule has 2 aromatic carbocycles. The first-order chi connectivity index (χ1) is 13.6. The van der Waals surface area contributed by atoms with Gasteiger partial charge in [-0.25, -0.2) is 5.43 Å². The van der Waals surface area contributed by atoms with Crippen LogP contribution in [-0.4, -0.2) is 31.8 Å². The number of ether oxygens (including phenoxy) is 1. The largest absolute Gasteiger partial charge is 0.496 e. The zero-order valence-electron chi connectivity index (χ0n) is 17.2. The number of halogens is 2. The number of benzene rings is 2. The van der Waals surface area contributed by atoms with Crippen LogP contribution in [0.5, 0.6) is 5.75 Å².